The predicted octanol–water partition coefficient (Wildman–Crippen LogP) is 5.35. The molecule has 1 aliphatic rings. The number of hydrogen-bond donors (Lipinski definition) is 0. The van der Waals surface area contributed by atoms with Crippen LogP contribution in [0, 0.1) is 11.8 Å². The zero-order chi connectivity index (χ0) is 23.1. The summed E-state index contributed by atoms with van der Waals surface area (Å²) in [6, 6.07) is 12.6. The van der Waals surface area contributed by atoms with Gasteiger partial charge < -0.3 is 0 Å². The lowest BCUT2D eigenvalue weighted by Gasteiger charge is -2.36. The van der Waals surface area contributed by atoms with Gasteiger partial charge in [0, 0.05) is 24.1 Å². The first-order valence-electron chi connectivity index (χ1n) is 11.2. The number of benzene rings is 1. The van der Waals surface area contributed by atoms with Gasteiger partial charge in [-0.25, -0.2) is 9.97 Å². The molecule has 3 atom stereocenters. The molecule has 1 fully saturated rings. The second kappa shape index (κ2) is 8.95. The number of nitrogens with zero attached hydrogens (tertiary/aromatic N) is 4. The maximum Gasteiger partial charge on any atom is 0.262 e. The van der Waals surface area contributed by atoms with E-state index in [0.717, 1.165) is 12.8 Å². The van der Waals surface area contributed by atoms with Crippen molar-refractivity contribution in [2.45, 2.75) is 50.1 Å². The highest BCUT2D eigenvalue weighted by Crippen LogP contribution is 2.39. The Morgan fingerprint density at radius 1 is 1.09 bits per heavy atom. The third kappa shape index (κ3) is 4.20. The SMILES string of the molecule is CC1CCCC(n2c(SCc3cc(=O)n4cc(Cl)ccc4n3)nc3ccccc3c2=O)C1C. The molecule has 3 unspecified atom stereocenters. The van der Waals surface area contributed by atoms with Gasteiger partial charge >= 0.3 is 0 Å². The summed E-state index contributed by atoms with van der Waals surface area (Å²) in [7, 11) is 0. The average Bonchev–Trinajstić information content (AvgIpc) is 2.81. The van der Waals surface area contributed by atoms with E-state index in [1.54, 1.807) is 18.3 Å². The van der Waals surface area contributed by atoms with Crippen LogP contribution in [-0.2, 0) is 5.75 Å². The number of aromatic nitrogens is 4. The van der Waals surface area contributed by atoms with E-state index in [9.17, 15) is 9.59 Å². The molecular formula is C25H25ClN4O2S. The highest BCUT2D eigenvalue weighted by Gasteiger charge is 2.31. The van der Waals surface area contributed by atoms with Crippen molar-refractivity contribution >= 4 is 39.9 Å². The van der Waals surface area contributed by atoms with Crippen LogP contribution in [0.4, 0.5) is 0 Å². The summed E-state index contributed by atoms with van der Waals surface area (Å²) in [5, 5.41) is 1.81. The lowest BCUT2D eigenvalue weighted by molar-refractivity contribution is 0.173. The van der Waals surface area contributed by atoms with Crippen molar-refractivity contribution in [3.05, 3.63) is 80.1 Å². The fourth-order valence-corrected chi connectivity index (χ4v) is 5.88. The fourth-order valence-electron chi connectivity index (χ4n) is 4.78. The van der Waals surface area contributed by atoms with E-state index in [4.69, 9.17) is 16.6 Å². The maximum absolute atomic E-state index is 13.6. The quantitative estimate of drug-likeness (QED) is 0.291. The van der Waals surface area contributed by atoms with Crippen molar-refractivity contribution in [1.29, 1.82) is 0 Å². The van der Waals surface area contributed by atoms with Gasteiger partial charge in [-0.1, -0.05) is 62.2 Å². The molecule has 0 amide bonds. The summed E-state index contributed by atoms with van der Waals surface area (Å²) < 4.78 is 3.34. The highest BCUT2D eigenvalue weighted by atomic mass is 35.5. The molecule has 1 saturated carbocycles. The van der Waals surface area contributed by atoms with Crippen LogP contribution in [-0.4, -0.2) is 18.9 Å². The molecule has 1 aliphatic carbocycles. The number of hydrogen-bond acceptors (Lipinski definition) is 5. The van der Waals surface area contributed by atoms with E-state index in [0.29, 0.717) is 50.0 Å². The number of fused-ring (bicyclic) bond motifs is 2. The Morgan fingerprint density at radius 3 is 2.76 bits per heavy atom. The minimum absolute atomic E-state index is 0.00947. The van der Waals surface area contributed by atoms with Crippen molar-refractivity contribution in [3.63, 3.8) is 0 Å². The first-order valence-corrected chi connectivity index (χ1v) is 12.6. The molecular weight excluding hydrogens is 456 g/mol. The van der Waals surface area contributed by atoms with E-state index in [2.05, 4.69) is 18.8 Å². The van der Waals surface area contributed by atoms with Crippen LogP contribution in [0.2, 0.25) is 5.02 Å². The van der Waals surface area contributed by atoms with Gasteiger partial charge in [0.1, 0.15) is 5.65 Å². The Hall–Kier alpha value is -2.64. The van der Waals surface area contributed by atoms with Crippen molar-refractivity contribution in [2.24, 2.45) is 11.8 Å². The van der Waals surface area contributed by atoms with Crippen LogP contribution in [0.5, 0.6) is 0 Å². The summed E-state index contributed by atoms with van der Waals surface area (Å²) in [6.07, 6.45) is 4.82. The minimum atomic E-state index is -0.184. The van der Waals surface area contributed by atoms with Gasteiger partial charge in [-0.2, -0.15) is 0 Å². The summed E-state index contributed by atoms with van der Waals surface area (Å²) in [5.41, 5.74) is 1.71. The predicted molar refractivity (Wildman–Crippen MR) is 133 cm³/mol. The third-order valence-electron chi connectivity index (χ3n) is 6.80. The monoisotopic (exact) mass is 480 g/mol. The molecule has 0 N–H and O–H groups in total. The Kier molecular flexibility index (Phi) is 6.01. The molecule has 1 aromatic carbocycles. The van der Waals surface area contributed by atoms with E-state index < -0.39 is 0 Å². The van der Waals surface area contributed by atoms with Gasteiger partial charge in [0.15, 0.2) is 5.16 Å². The number of para-hydroxylation sites is 1. The minimum Gasteiger partial charge on any atom is -0.284 e. The average molecular weight is 481 g/mol. The summed E-state index contributed by atoms with van der Waals surface area (Å²) in [6.45, 7) is 4.50. The van der Waals surface area contributed by atoms with Crippen LogP contribution in [0.3, 0.4) is 0 Å². The van der Waals surface area contributed by atoms with Crippen LogP contribution in [0.1, 0.15) is 44.8 Å². The second-order valence-corrected chi connectivity index (χ2v) is 10.3. The van der Waals surface area contributed by atoms with Crippen molar-refractivity contribution in [2.75, 3.05) is 0 Å². The normalized spacial score (nSPS) is 21.0. The van der Waals surface area contributed by atoms with Gasteiger partial charge in [0.05, 0.1) is 21.6 Å². The third-order valence-corrected chi connectivity index (χ3v) is 8.01. The first-order chi connectivity index (χ1) is 15.9. The van der Waals surface area contributed by atoms with Crippen molar-refractivity contribution < 1.29 is 0 Å². The lowest BCUT2D eigenvalue weighted by Crippen LogP contribution is -2.35. The maximum atomic E-state index is 13.6. The molecule has 170 valence electrons. The topological polar surface area (TPSA) is 69.3 Å². The van der Waals surface area contributed by atoms with Crippen LogP contribution in [0.15, 0.2) is 63.4 Å². The molecule has 6 nitrogen and oxygen atoms in total. The molecule has 3 aromatic heterocycles. The standard InChI is InChI=1S/C25H25ClN4O2S/c1-15-6-5-9-21(16(15)2)30-24(32)19-7-3-4-8-20(19)28-25(30)33-14-18-12-23(31)29-13-17(26)10-11-22(29)27-18/h3-4,7-8,10-13,15-16,21H,5-6,9,14H2,1-2H3. The fraction of sp³-hybridized carbons (Fsp3) is 0.360. The molecule has 0 bridgehead atoms. The van der Waals surface area contributed by atoms with Crippen LogP contribution >= 0.6 is 23.4 Å². The molecule has 4 aromatic rings. The van der Waals surface area contributed by atoms with Crippen molar-refractivity contribution in [3.8, 4) is 0 Å². The Bertz CT molecular complexity index is 1460. The Morgan fingerprint density at radius 2 is 1.91 bits per heavy atom. The Labute approximate surface area is 200 Å². The lowest BCUT2D eigenvalue weighted by atomic mass is 9.78. The number of thioether (sulfide) groups is 1. The van der Waals surface area contributed by atoms with Gasteiger partial charge in [0.2, 0.25) is 0 Å². The van der Waals surface area contributed by atoms with Crippen LogP contribution in [0.25, 0.3) is 16.6 Å². The first kappa shape index (κ1) is 22.2. The van der Waals surface area contributed by atoms with E-state index in [-0.39, 0.29) is 17.2 Å². The molecule has 33 heavy (non-hydrogen) atoms. The molecule has 0 aliphatic heterocycles. The second-order valence-electron chi connectivity index (χ2n) is 8.87. The van der Waals surface area contributed by atoms with E-state index in [1.807, 2.05) is 28.8 Å². The van der Waals surface area contributed by atoms with Gasteiger partial charge in [-0.05, 0) is 42.5 Å². The van der Waals surface area contributed by atoms with Crippen LogP contribution < -0.4 is 11.1 Å². The molecule has 0 spiro atoms. The summed E-state index contributed by atoms with van der Waals surface area (Å²) in [4.78, 5) is 35.7. The van der Waals surface area contributed by atoms with Gasteiger partial charge in [-0.3, -0.25) is 18.6 Å². The molecule has 5 rings (SSSR count). The molecule has 0 saturated heterocycles. The smallest absolute Gasteiger partial charge is 0.262 e. The summed E-state index contributed by atoms with van der Waals surface area (Å²) >= 11 is 7.48. The zero-order valence-corrected chi connectivity index (χ0v) is 20.1. The number of halogens is 1. The Balaban J connectivity index is 1.56. The molecule has 8 heteroatoms. The molecule has 0 radical (unpaired) electrons. The zero-order valence-electron chi connectivity index (χ0n) is 18.6. The van der Waals surface area contributed by atoms with Crippen molar-refractivity contribution in [1.82, 2.24) is 18.9 Å². The largest absolute Gasteiger partial charge is 0.284 e. The number of rotatable bonds is 4. The highest BCUT2D eigenvalue weighted by molar-refractivity contribution is 7.98. The summed E-state index contributed by atoms with van der Waals surface area (Å²) in [5.74, 6) is 1.37. The molecule has 3 heterocycles. The number of pyridine rings is 1. The van der Waals surface area contributed by atoms with Gasteiger partial charge in [-0.15, -0.1) is 0 Å². The van der Waals surface area contributed by atoms with E-state index >= 15 is 0 Å². The van der Waals surface area contributed by atoms with E-state index in [1.165, 1.54) is 28.6 Å². The van der Waals surface area contributed by atoms with Gasteiger partial charge in [0.25, 0.3) is 11.1 Å².